The Balaban J connectivity index is 1.81. The highest BCUT2D eigenvalue weighted by Gasteiger charge is 2.23. The molecule has 0 aliphatic carbocycles. The van der Waals surface area contributed by atoms with Crippen LogP contribution in [-0.4, -0.2) is 15.3 Å². The number of fused-ring (bicyclic) bond motifs is 1. The lowest BCUT2D eigenvalue weighted by atomic mass is 10.2. The predicted octanol–water partition coefficient (Wildman–Crippen LogP) is 5.39. The summed E-state index contributed by atoms with van der Waals surface area (Å²) in [4.78, 5) is 18.8. The zero-order chi connectivity index (χ0) is 18.1. The molecule has 0 radical (unpaired) electrons. The largest absolute Gasteiger partial charge is 0.272 e. The Labute approximate surface area is 165 Å². The third-order valence-electron chi connectivity index (χ3n) is 4.30. The molecule has 0 bridgehead atoms. The summed E-state index contributed by atoms with van der Waals surface area (Å²) in [5, 5.41) is 1.57. The highest BCUT2D eigenvalue weighted by atomic mass is 35.5. The predicted molar refractivity (Wildman–Crippen MR) is 110 cm³/mol. The minimum absolute atomic E-state index is 0.0163. The lowest BCUT2D eigenvalue weighted by molar-refractivity contribution is 0.737. The van der Waals surface area contributed by atoms with Gasteiger partial charge in [0.15, 0.2) is 5.16 Å². The molecule has 4 rings (SSSR count). The first kappa shape index (κ1) is 17.7. The SMILES string of the molecule is C[C@H](Sc1nc2c(c(=O)n1-c1ccc(Cl)cc1)SCC2)c1ccccc1. The van der Waals surface area contributed by atoms with E-state index in [1.807, 2.05) is 30.3 Å². The molecule has 0 saturated heterocycles. The van der Waals surface area contributed by atoms with Crippen molar-refractivity contribution in [3.63, 3.8) is 0 Å². The minimum atomic E-state index is 0.0163. The van der Waals surface area contributed by atoms with E-state index in [2.05, 4.69) is 19.1 Å². The Bertz CT molecular complexity index is 987. The van der Waals surface area contributed by atoms with Crippen molar-refractivity contribution in [3.8, 4) is 5.69 Å². The van der Waals surface area contributed by atoms with Crippen molar-refractivity contribution in [2.45, 2.75) is 28.6 Å². The highest BCUT2D eigenvalue weighted by molar-refractivity contribution is 7.99. The van der Waals surface area contributed by atoms with Crippen molar-refractivity contribution in [3.05, 3.63) is 81.2 Å². The van der Waals surface area contributed by atoms with E-state index in [0.29, 0.717) is 5.02 Å². The maximum absolute atomic E-state index is 13.1. The van der Waals surface area contributed by atoms with Crippen LogP contribution in [0.15, 0.2) is 69.4 Å². The fraction of sp³-hybridized carbons (Fsp3) is 0.200. The van der Waals surface area contributed by atoms with Crippen LogP contribution in [-0.2, 0) is 6.42 Å². The molecule has 3 aromatic rings. The van der Waals surface area contributed by atoms with Gasteiger partial charge in [0.05, 0.1) is 16.3 Å². The summed E-state index contributed by atoms with van der Waals surface area (Å²) in [5.74, 6) is 0.917. The van der Waals surface area contributed by atoms with Crippen LogP contribution in [0.4, 0.5) is 0 Å². The molecule has 26 heavy (non-hydrogen) atoms. The molecule has 0 spiro atoms. The molecule has 0 fully saturated rings. The van der Waals surface area contributed by atoms with E-state index in [0.717, 1.165) is 33.6 Å². The molecule has 0 amide bonds. The van der Waals surface area contributed by atoms with E-state index in [-0.39, 0.29) is 10.8 Å². The van der Waals surface area contributed by atoms with Crippen LogP contribution in [0.1, 0.15) is 23.4 Å². The van der Waals surface area contributed by atoms with Crippen molar-refractivity contribution in [1.82, 2.24) is 9.55 Å². The number of thioether (sulfide) groups is 2. The number of nitrogens with zero attached hydrogens (tertiary/aromatic N) is 2. The van der Waals surface area contributed by atoms with E-state index in [1.54, 1.807) is 40.2 Å². The van der Waals surface area contributed by atoms with Gasteiger partial charge in [-0.25, -0.2) is 4.98 Å². The van der Waals surface area contributed by atoms with Gasteiger partial charge in [-0.2, -0.15) is 0 Å². The van der Waals surface area contributed by atoms with Crippen molar-refractivity contribution >= 4 is 35.1 Å². The first-order chi connectivity index (χ1) is 12.6. The van der Waals surface area contributed by atoms with Crippen molar-refractivity contribution in [2.75, 3.05) is 5.75 Å². The summed E-state index contributed by atoms with van der Waals surface area (Å²) in [6, 6.07) is 17.6. The maximum Gasteiger partial charge on any atom is 0.272 e. The second-order valence-corrected chi connectivity index (χ2v) is 8.91. The van der Waals surface area contributed by atoms with E-state index in [4.69, 9.17) is 16.6 Å². The molecule has 1 aliphatic rings. The zero-order valence-electron chi connectivity index (χ0n) is 14.2. The summed E-state index contributed by atoms with van der Waals surface area (Å²) in [5.41, 5.74) is 2.95. The lowest BCUT2D eigenvalue weighted by Crippen LogP contribution is -2.24. The Kier molecular flexibility index (Phi) is 5.11. The van der Waals surface area contributed by atoms with E-state index in [1.165, 1.54) is 5.56 Å². The fourth-order valence-corrected chi connectivity index (χ4v) is 5.16. The number of rotatable bonds is 4. The number of benzene rings is 2. The van der Waals surface area contributed by atoms with Gasteiger partial charge in [-0.1, -0.05) is 53.7 Å². The van der Waals surface area contributed by atoms with Crippen LogP contribution in [0.5, 0.6) is 0 Å². The Hall–Kier alpha value is -1.69. The van der Waals surface area contributed by atoms with Gasteiger partial charge < -0.3 is 0 Å². The van der Waals surface area contributed by atoms with Gasteiger partial charge in [0.25, 0.3) is 5.56 Å². The number of hydrogen-bond acceptors (Lipinski definition) is 4. The highest BCUT2D eigenvalue weighted by Crippen LogP contribution is 2.36. The first-order valence-corrected chi connectivity index (χ1v) is 10.6. The minimum Gasteiger partial charge on any atom is -0.268 e. The number of hydrogen-bond donors (Lipinski definition) is 0. The quantitative estimate of drug-likeness (QED) is 0.434. The Morgan fingerprint density at radius 2 is 1.88 bits per heavy atom. The molecule has 1 atom stereocenters. The number of aryl methyl sites for hydroxylation is 1. The molecule has 6 heteroatoms. The Morgan fingerprint density at radius 3 is 2.62 bits per heavy atom. The molecule has 0 saturated carbocycles. The number of halogens is 1. The molecule has 132 valence electrons. The second kappa shape index (κ2) is 7.51. The average Bonchev–Trinajstić information content (AvgIpc) is 3.13. The topological polar surface area (TPSA) is 34.9 Å². The van der Waals surface area contributed by atoms with Gasteiger partial charge in [0, 0.05) is 22.4 Å². The fourth-order valence-electron chi connectivity index (χ4n) is 2.94. The molecular formula is C20H17ClN2OS2. The second-order valence-electron chi connectivity index (χ2n) is 6.06. The van der Waals surface area contributed by atoms with Crippen LogP contribution < -0.4 is 5.56 Å². The van der Waals surface area contributed by atoms with Gasteiger partial charge >= 0.3 is 0 Å². The summed E-state index contributed by atoms with van der Waals surface area (Å²) >= 11 is 9.24. The maximum atomic E-state index is 13.1. The van der Waals surface area contributed by atoms with E-state index >= 15 is 0 Å². The Morgan fingerprint density at radius 1 is 1.15 bits per heavy atom. The average molecular weight is 401 g/mol. The lowest BCUT2D eigenvalue weighted by Gasteiger charge is -2.17. The van der Waals surface area contributed by atoms with Gasteiger partial charge in [0.2, 0.25) is 0 Å². The summed E-state index contributed by atoms with van der Waals surface area (Å²) in [6.07, 6.45) is 0.851. The number of aromatic nitrogens is 2. The van der Waals surface area contributed by atoms with Gasteiger partial charge in [-0.05, 0) is 36.8 Å². The molecule has 3 nitrogen and oxygen atoms in total. The van der Waals surface area contributed by atoms with Crippen LogP contribution in [0.3, 0.4) is 0 Å². The smallest absolute Gasteiger partial charge is 0.268 e. The molecule has 2 heterocycles. The first-order valence-electron chi connectivity index (χ1n) is 8.40. The molecule has 1 aliphatic heterocycles. The van der Waals surface area contributed by atoms with E-state index in [9.17, 15) is 4.79 Å². The monoisotopic (exact) mass is 400 g/mol. The van der Waals surface area contributed by atoms with Crippen LogP contribution in [0.2, 0.25) is 5.02 Å². The summed E-state index contributed by atoms with van der Waals surface area (Å²) in [6.45, 7) is 2.14. The molecule has 2 aromatic carbocycles. The van der Waals surface area contributed by atoms with Crippen molar-refractivity contribution in [2.24, 2.45) is 0 Å². The standard InChI is InChI=1S/C20H17ClN2OS2/c1-13(14-5-3-2-4-6-14)26-20-22-17-11-12-25-18(17)19(24)23(20)16-9-7-15(21)8-10-16/h2-10,13H,11-12H2,1H3/t13-/m0/s1. The molecular weight excluding hydrogens is 384 g/mol. The van der Waals surface area contributed by atoms with Crippen LogP contribution in [0.25, 0.3) is 5.69 Å². The van der Waals surface area contributed by atoms with Gasteiger partial charge in [0.1, 0.15) is 0 Å². The zero-order valence-corrected chi connectivity index (χ0v) is 16.6. The van der Waals surface area contributed by atoms with Crippen LogP contribution in [0, 0.1) is 0 Å². The van der Waals surface area contributed by atoms with Crippen LogP contribution >= 0.6 is 35.1 Å². The van der Waals surface area contributed by atoms with Crippen molar-refractivity contribution < 1.29 is 0 Å². The molecule has 1 aromatic heterocycles. The molecule has 0 unspecified atom stereocenters. The summed E-state index contributed by atoms with van der Waals surface area (Å²) < 4.78 is 1.72. The summed E-state index contributed by atoms with van der Waals surface area (Å²) in [7, 11) is 0. The third kappa shape index (κ3) is 3.43. The van der Waals surface area contributed by atoms with Gasteiger partial charge in [-0.3, -0.25) is 9.36 Å². The van der Waals surface area contributed by atoms with Gasteiger partial charge in [-0.15, -0.1) is 11.8 Å². The molecule has 0 N–H and O–H groups in total. The van der Waals surface area contributed by atoms with E-state index < -0.39 is 0 Å². The van der Waals surface area contributed by atoms with Crippen molar-refractivity contribution in [1.29, 1.82) is 0 Å². The third-order valence-corrected chi connectivity index (χ3v) is 6.77. The normalized spacial score (nSPS) is 14.2.